The number of anilines is 1. The molecule has 0 bridgehead atoms. The van der Waals surface area contributed by atoms with E-state index in [-0.39, 0.29) is 35.5 Å². The maximum Gasteiger partial charge on any atom is 0.264 e. The van der Waals surface area contributed by atoms with Crippen LogP contribution in [0.4, 0.5) is 5.69 Å². The summed E-state index contributed by atoms with van der Waals surface area (Å²) in [5, 5.41) is 3.92. The van der Waals surface area contributed by atoms with Gasteiger partial charge in [0.2, 0.25) is 11.8 Å². The number of ether oxygens (including phenoxy) is 1. The van der Waals surface area contributed by atoms with Gasteiger partial charge in [-0.3, -0.25) is 13.9 Å². The predicted octanol–water partition coefficient (Wildman–Crippen LogP) is 8.05. The quantitative estimate of drug-likeness (QED) is 0.140. The largest absolute Gasteiger partial charge is 0.494 e. The first-order valence-electron chi connectivity index (χ1n) is 16.1. The molecule has 1 fully saturated rings. The maximum atomic E-state index is 14.7. The Bertz CT molecular complexity index is 1840. The standard InChI is InChI=1S/C37H38BrCl2N3O5S/c1-2-48-32-18-16-31(17-19-32)43(49(46,47)33-20-13-28(38)14-21-33)25-36(44)42(24-27-12-15-29(39)23-34(27)40)35(22-26-8-4-3-5-9-26)37(45)41-30-10-6-7-11-30/h3-5,8-9,12-21,23,30,35H,2,6-7,10-11,22,24-25H2,1H3,(H,41,45)/t35-/m0/s1. The minimum Gasteiger partial charge on any atom is -0.494 e. The van der Waals surface area contributed by atoms with Crippen LogP contribution < -0.4 is 14.4 Å². The van der Waals surface area contributed by atoms with Gasteiger partial charge in [-0.05, 0) is 91.6 Å². The molecule has 0 unspecified atom stereocenters. The van der Waals surface area contributed by atoms with Crippen molar-refractivity contribution in [1.82, 2.24) is 10.2 Å². The fourth-order valence-corrected chi connectivity index (χ4v) is 8.04. The maximum absolute atomic E-state index is 14.7. The molecule has 258 valence electrons. The van der Waals surface area contributed by atoms with Gasteiger partial charge < -0.3 is 15.0 Å². The molecule has 0 heterocycles. The number of rotatable bonds is 14. The van der Waals surface area contributed by atoms with E-state index in [1.165, 1.54) is 17.0 Å². The number of amides is 2. The molecule has 0 aliphatic heterocycles. The second-order valence-electron chi connectivity index (χ2n) is 11.8. The van der Waals surface area contributed by atoms with Gasteiger partial charge in [0.25, 0.3) is 10.0 Å². The molecule has 12 heteroatoms. The van der Waals surface area contributed by atoms with Gasteiger partial charge in [-0.15, -0.1) is 0 Å². The zero-order valence-corrected chi connectivity index (χ0v) is 30.9. The lowest BCUT2D eigenvalue weighted by Crippen LogP contribution is -2.54. The van der Waals surface area contributed by atoms with Gasteiger partial charge in [-0.2, -0.15) is 0 Å². The Morgan fingerprint density at radius 1 is 0.939 bits per heavy atom. The van der Waals surface area contributed by atoms with Crippen molar-refractivity contribution in [2.24, 2.45) is 0 Å². The molecular weight excluding hydrogens is 749 g/mol. The van der Waals surface area contributed by atoms with E-state index in [1.807, 2.05) is 37.3 Å². The summed E-state index contributed by atoms with van der Waals surface area (Å²) in [4.78, 5) is 30.3. The highest BCUT2D eigenvalue weighted by atomic mass is 79.9. The molecule has 1 aliphatic carbocycles. The van der Waals surface area contributed by atoms with Gasteiger partial charge in [0.1, 0.15) is 18.3 Å². The SMILES string of the molecule is CCOc1ccc(N(CC(=O)N(Cc2ccc(Cl)cc2Cl)[C@@H](Cc2ccccc2)C(=O)NC2CCCC2)S(=O)(=O)c2ccc(Br)cc2)cc1. The lowest BCUT2D eigenvalue weighted by molar-refractivity contribution is -0.140. The number of carbonyl (C=O) groups is 2. The van der Waals surface area contributed by atoms with Crippen molar-refractivity contribution in [3.8, 4) is 5.75 Å². The second-order valence-corrected chi connectivity index (χ2v) is 15.5. The summed E-state index contributed by atoms with van der Waals surface area (Å²) in [6, 6.07) is 26.2. The molecule has 0 saturated heterocycles. The lowest BCUT2D eigenvalue weighted by Gasteiger charge is -2.34. The van der Waals surface area contributed by atoms with Crippen LogP contribution in [0.1, 0.15) is 43.7 Å². The fourth-order valence-electron chi connectivity index (χ4n) is 5.89. The molecule has 2 amide bonds. The predicted molar refractivity (Wildman–Crippen MR) is 198 cm³/mol. The van der Waals surface area contributed by atoms with Crippen molar-refractivity contribution >= 4 is 66.7 Å². The van der Waals surface area contributed by atoms with Crippen LogP contribution in [0.5, 0.6) is 5.75 Å². The summed E-state index contributed by atoms with van der Waals surface area (Å²) in [7, 11) is -4.25. The van der Waals surface area contributed by atoms with E-state index >= 15 is 0 Å². The molecular formula is C37H38BrCl2N3O5S. The molecule has 4 aromatic carbocycles. The number of carbonyl (C=O) groups excluding carboxylic acids is 2. The van der Waals surface area contributed by atoms with Gasteiger partial charge in [0.15, 0.2) is 0 Å². The molecule has 0 spiro atoms. The Hall–Kier alpha value is -3.57. The first-order valence-corrected chi connectivity index (χ1v) is 19.1. The molecule has 1 aliphatic rings. The first kappa shape index (κ1) is 36.7. The van der Waals surface area contributed by atoms with Crippen molar-refractivity contribution in [1.29, 1.82) is 0 Å². The summed E-state index contributed by atoms with van der Waals surface area (Å²) in [6.45, 7) is 1.65. The van der Waals surface area contributed by atoms with Crippen LogP contribution in [0.15, 0.2) is 106 Å². The van der Waals surface area contributed by atoms with Crippen molar-refractivity contribution in [3.63, 3.8) is 0 Å². The Morgan fingerprint density at radius 2 is 1.61 bits per heavy atom. The Morgan fingerprint density at radius 3 is 2.24 bits per heavy atom. The highest BCUT2D eigenvalue weighted by Crippen LogP contribution is 2.29. The zero-order valence-electron chi connectivity index (χ0n) is 27.0. The number of nitrogens with one attached hydrogen (secondary N) is 1. The molecule has 8 nitrogen and oxygen atoms in total. The van der Waals surface area contributed by atoms with Crippen LogP contribution in [0.2, 0.25) is 10.0 Å². The molecule has 49 heavy (non-hydrogen) atoms. The van der Waals surface area contributed by atoms with Crippen LogP contribution >= 0.6 is 39.1 Å². The Labute approximate surface area is 306 Å². The highest BCUT2D eigenvalue weighted by Gasteiger charge is 2.36. The average molecular weight is 788 g/mol. The molecule has 0 aromatic heterocycles. The number of hydrogen-bond donors (Lipinski definition) is 1. The molecule has 4 aromatic rings. The van der Waals surface area contributed by atoms with Crippen molar-refractivity contribution in [2.75, 3.05) is 17.5 Å². The monoisotopic (exact) mass is 785 g/mol. The number of nitrogens with zero attached hydrogens (tertiary/aromatic N) is 2. The summed E-state index contributed by atoms with van der Waals surface area (Å²) in [5.74, 6) is -0.329. The second kappa shape index (κ2) is 16.9. The van der Waals surface area contributed by atoms with Gasteiger partial charge in [-0.1, -0.05) is 88.4 Å². The number of sulfonamides is 1. The van der Waals surface area contributed by atoms with Crippen molar-refractivity contribution < 1.29 is 22.7 Å². The summed E-state index contributed by atoms with van der Waals surface area (Å²) < 4.78 is 35.9. The highest BCUT2D eigenvalue weighted by molar-refractivity contribution is 9.10. The summed E-state index contributed by atoms with van der Waals surface area (Å²) >= 11 is 16.2. The van der Waals surface area contributed by atoms with Crippen molar-refractivity contribution in [3.05, 3.63) is 123 Å². The first-order chi connectivity index (χ1) is 23.5. The lowest BCUT2D eigenvalue weighted by atomic mass is 10.0. The third-order valence-corrected chi connectivity index (χ3v) is 11.3. The fraction of sp³-hybridized carbons (Fsp3) is 0.297. The Kier molecular flexibility index (Phi) is 12.7. The van der Waals surface area contributed by atoms with Crippen molar-refractivity contribution in [2.45, 2.75) is 62.6 Å². The molecule has 5 rings (SSSR count). The van der Waals surface area contributed by atoms with Gasteiger partial charge in [0, 0.05) is 33.5 Å². The normalized spacial score (nSPS) is 13.9. The number of halogens is 3. The van der Waals surface area contributed by atoms with E-state index in [0.717, 1.165) is 35.6 Å². The number of benzene rings is 4. The summed E-state index contributed by atoms with van der Waals surface area (Å²) in [5.41, 5.74) is 1.67. The van der Waals surface area contributed by atoms with Gasteiger partial charge in [-0.25, -0.2) is 8.42 Å². The van der Waals surface area contributed by atoms with E-state index in [0.29, 0.717) is 32.4 Å². The van der Waals surface area contributed by atoms with E-state index in [9.17, 15) is 18.0 Å². The third kappa shape index (κ3) is 9.57. The van der Waals surface area contributed by atoms with E-state index < -0.39 is 28.5 Å². The van der Waals surface area contributed by atoms with E-state index in [2.05, 4.69) is 21.2 Å². The number of hydrogen-bond acceptors (Lipinski definition) is 5. The average Bonchev–Trinajstić information content (AvgIpc) is 3.60. The van der Waals surface area contributed by atoms with E-state index in [1.54, 1.807) is 54.6 Å². The zero-order chi connectivity index (χ0) is 35.0. The Balaban J connectivity index is 1.58. The topological polar surface area (TPSA) is 96.0 Å². The van der Waals surface area contributed by atoms with Gasteiger partial charge >= 0.3 is 0 Å². The van der Waals surface area contributed by atoms with E-state index in [4.69, 9.17) is 27.9 Å². The van der Waals surface area contributed by atoms with Crippen LogP contribution in [0.3, 0.4) is 0 Å². The van der Waals surface area contributed by atoms with Gasteiger partial charge in [0.05, 0.1) is 17.2 Å². The van der Waals surface area contributed by atoms with Crippen LogP contribution in [0.25, 0.3) is 0 Å². The van der Waals surface area contributed by atoms with Crippen LogP contribution in [0, 0.1) is 0 Å². The van der Waals surface area contributed by atoms with Crippen LogP contribution in [-0.2, 0) is 32.6 Å². The molecule has 1 N–H and O–H groups in total. The minimum atomic E-state index is -4.25. The molecule has 0 radical (unpaired) electrons. The van der Waals surface area contributed by atoms with Crippen LogP contribution in [-0.4, -0.2) is 50.4 Å². The minimum absolute atomic E-state index is 0.0000181. The smallest absolute Gasteiger partial charge is 0.264 e. The third-order valence-electron chi connectivity index (χ3n) is 8.44. The summed E-state index contributed by atoms with van der Waals surface area (Å²) in [6.07, 6.45) is 3.96. The molecule has 1 atom stereocenters. The molecule has 1 saturated carbocycles.